The Kier molecular flexibility index (Phi) is 5.26. The van der Waals surface area contributed by atoms with Gasteiger partial charge in [0, 0.05) is 11.3 Å². The predicted octanol–water partition coefficient (Wildman–Crippen LogP) is 3.88. The third-order valence-corrected chi connectivity index (χ3v) is 5.13. The quantitative estimate of drug-likeness (QED) is 0.496. The van der Waals surface area contributed by atoms with Crippen molar-refractivity contribution in [2.24, 2.45) is 5.10 Å². The topological polar surface area (TPSA) is 89.0 Å². The van der Waals surface area contributed by atoms with Crippen molar-refractivity contribution in [3.05, 3.63) is 76.0 Å². The van der Waals surface area contributed by atoms with Crippen molar-refractivity contribution in [1.82, 2.24) is 5.43 Å². The van der Waals surface area contributed by atoms with E-state index in [0.717, 1.165) is 5.56 Å². The standard InChI is InChI=1S/C21H17N3O4S/c1-13(23-24-20(25)15-6-9-17-18(11-15)28-12-27-17)14-4-7-16(8-5-14)22-21(26)19-3-2-10-29-19/h2-11H,12H2,1H3,(H,22,26)(H,24,25)/b23-13+. The molecule has 0 aliphatic carbocycles. The van der Waals surface area contributed by atoms with E-state index in [1.165, 1.54) is 11.3 Å². The average molecular weight is 407 g/mol. The average Bonchev–Trinajstić information content (AvgIpc) is 3.43. The van der Waals surface area contributed by atoms with Gasteiger partial charge in [-0.05, 0) is 54.3 Å². The Labute approximate surface area is 171 Å². The number of carbonyl (C=O) groups excluding carboxylic acids is 2. The van der Waals surface area contributed by atoms with Crippen molar-refractivity contribution in [2.75, 3.05) is 12.1 Å². The Morgan fingerprint density at radius 2 is 1.72 bits per heavy atom. The summed E-state index contributed by atoms with van der Waals surface area (Å²) in [6.07, 6.45) is 0. The molecule has 8 heteroatoms. The fourth-order valence-electron chi connectivity index (χ4n) is 2.70. The second-order valence-electron chi connectivity index (χ2n) is 6.21. The van der Waals surface area contributed by atoms with Gasteiger partial charge in [0.25, 0.3) is 11.8 Å². The Balaban J connectivity index is 1.38. The number of benzene rings is 2. The number of nitrogens with one attached hydrogen (secondary N) is 2. The van der Waals surface area contributed by atoms with Gasteiger partial charge in [0.1, 0.15) is 0 Å². The number of carbonyl (C=O) groups is 2. The Bertz CT molecular complexity index is 1080. The summed E-state index contributed by atoms with van der Waals surface area (Å²) in [4.78, 5) is 25.0. The number of fused-ring (bicyclic) bond motifs is 1. The number of hydrazone groups is 1. The Hall–Kier alpha value is -3.65. The summed E-state index contributed by atoms with van der Waals surface area (Å²) in [5, 5.41) is 8.85. The molecule has 4 rings (SSSR count). The highest BCUT2D eigenvalue weighted by Crippen LogP contribution is 2.32. The van der Waals surface area contributed by atoms with Crippen molar-refractivity contribution < 1.29 is 19.1 Å². The zero-order valence-electron chi connectivity index (χ0n) is 15.5. The van der Waals surface area contributed by atoms with E-state index >= 15 is 0 Å². The highest BCUT2D eigenvalue weighted by atomic mass is 32.1. The lowest BCUT2D eigenvalue weighted by Gasteiger charge is -2.06. The van der Waals surface area contributed by atoms with E-state index in [9.17, 15) is 9.59 Å². The van der Waals surface area contributed by atoms with Crippen LogP contribution in [0.3, 0.4) is 0 Å². The summed E-state index contributed by atoms with van der Waals surface area (Å²) in [7, 11) is 0. The van der Waals surface area contributed by atoms with Crippen molar-refractivity contribution in [3.63, 3.8) is 0 Å². The molecular formula is C21H17N3O4S. The minimum Gasteiger partial charge on any atom is -0.454 e. The number of amides is 2. The molecule has 29 heavy (non-hydrogen) atoms. The Morgan fingerprint density at radius 3 is 2.48 bits per heavy atom. The van der Waals surface area contributed by atoms with Gasteiger partial charge >= 0.3 is 0 Å². The van der Waals surface area contributed by atoms with Crippen LogP contribution in [0.2, 0.25) is 0 Å². The van der Waals surface area contributed by atoms with E-state index in [2.05, 4.69) is 15.8 Å². The molecule has 0 atom stereocenters. The van der Waals surface area contributed by atoms with Gasteiger partial charge in [0.15, 0.2) is 11.5 Å². The molecule has 0 unspecified atom stereocenters. The van der Waals surface area contributed by atoms with Gasteiger partial charge in [-0.1, -0.05) is 18.2 Å². The first-order valence-corrected chi connectivity index (χ1v) is 9.68. The van der Waals surface area contributed by atoms with E-state index in [1.807, 2.05) is 23.6 Å². The number of hydrogen-bond acceptors (Lipinski definition) is 6. The second-order valence-corrected chi connectivity index (χ2v) is 7.16. The summed E-state index contributed by atoms with van der Waals surface area (Å²) >= 11 is 1.39. The van der Waals surface area contributed by atoms with Crippen LogP contribution in [-0.2, 0) is 0 Å². The van der Waals surface area contributed by atoms with E-state index in [-0.39, 0.29) is 18.6 Å². The van der Waals surface area contributed by atoms with Crippen LogP contribution in [-0.4, -0.2) is 24.3 Å². The van der Waals surface area contributed by atoms with E-state index in [0.29, 0.717) is 33.3 Å². The van der Waals surface area contributed by atoms with Crippen molar-refractivity contribution >= 4 is 34.6 Å². The molecule has 146 valence electrons. The Morgan fingerprint density at radius 1 is 0.966 bits per heavy atom. The minimum atomic E-state index is -0.345. The molecule has 0 radical (unpaired) electrons. The van der Waals surface area contributed by atoms with Crippen LogP contribution in [0.5, 0.6) is 11.5 Å². The maximum Gasteiger partial charge on any atom is 0.271 e. The normalized spacial score (nSPS) is 12.5. The molecule has 2 amide bonds. The summed E-state index contributed by atoms with van der Waals surface area (Å²) in [5.74, 6) is 0.669. The van der Waals surface area contributed by atoms with Crippen LogP contribution in [0.1, 0.15) is 32.5 Å². The van der Waals surface area contributed by atoms with Crippen LogP contribution < -0.4 is 20.2 Å². The second kappa shape index (κ2) is 8.15. The molecular weight excluding hydrogens is 390 g/mol. The molecule has 7 nitrogen and oxygen atoms in total. The number of anilines is 1. The number of nitrogens with zero attached hydrogens (tertiary/aromatic N) is 1. The van der Waals surface area contributed by atoms with Gasteiger partial charge in [-0.25, -0.2) is 5.43 Å². The lowest BCUT2D eigenvalue weighted by atomic mass is 10.1. The number of rotatable bonds is 5. The van der Waals surface area contributed by atoms with Gasteiger partial charge in [0.05, 0.1) is 10.6 Å². The first-order chi connectivity index (χ1) is 14.1. The number of thiophene rings is 1. The van der Waals surface area contributed by atoms with Gasteiger partial charge in [-0.2, -0.15) is 5.10 Å². The first-order valence-electron chi connectivity index (χ1n) is 8.80. The largest absolute Gasteiger partial charge is 0.454 e. The summed E-state index contributed by atoms with van der Waals surface area (Å²) in [6.45, 7) is 1.95. The molecule has 1 aliphatic rings. The molecule has 2 N–H and O–H groups in total. The van der Waals surface area contributed by atoms with E-state index in [1.54, 1.807) is 43.3 Å². The SMILES string of the molecule is C/C(=N\NC(=O)c1ccc2c(c1)OCO2)c1ccc(NC(=O)c2cccs2)cc1. The smallest absolute Gasteiger partial charge is 0.271 e. The zero-order chi connectivity index (χ0) is 20.2. The molecule has 1 aliphatic heterocycles. The first kappa shape index (κ1) is 18.7. The zero-order valence-corrected chi connectivity index (χ0v) is 16.3. The van der Waals surface area contributed by atoms with Gasteiger partial charge in [0.2, 0.25) is 6.79 Å². The maximum atomic E-state index is 12.3. The fourth-order valence-corrected chi connectivity index (χ4v) is 3.32. The number of ether oxygens (including phenoxy) is 2. The van der Waals surface area contributed by atoms with Crippen LogP contribution in [0, 0.1) is 0 Å². The molecule has 3 aromatic rings. The number of hydrogen-bond donors (Lipinski definition) is 2. The molecule has 0 spiro atoms. The molecule has 1 aromatic heterocycles. The third kappa shape index (κ3) is 4.27. The summed E-state index contributed by atoms with van der Waals surface area (Å²) < 4.78 is 10.5. The van der Waals surface area contributed by atoms with Crippen molar-refractivity contribution in [2.45, 2.75) is 6.92 Å². The van der Waals surface area contributed by atoms with Gasteiger partial charge in [-0.3, -0.25) is 9.59 Å². The summed E-state index contributed by atoms with van der Waals surface area (Å²) in [5.41, 5.74) is 5.11. The highest BCUT2D eigenvalue weighted by molar-refractivity contribution is 7.12. The molecule has 2 aromatic carbocycles. The van der Waals surface area contributed by atoms with E-state index in [4.69, 9.17) is 9.47 Å². The summed E-state index contributed by atoms with van der Waals surface area (Å²) in [6, 6.07) is 15.8. The minimum absolute atomic E-state index is 0.144. The lowest BCUT2D eigenvalue weighted by Crippen LogP contribution is -2.19. The van der Waals surface area contributed by atoms with Crippen LogP contribution in [0.25, 0.3) is 0 Å². The van der Waals surface area contributed by atoms with Gasteiger partial charge < -0.3 is 14.8 Å². The molecule has 0 bridgehead atoms. The van der Waals surface area contributed by atoms with E-state index < -0.39 is 0 Å². The van der Waals surface area contributed by atoms with Crippen molar-refractivity contribution in [1.29, 1.82) is 0 Å². The molecule has 2 heterocycles. The van der Waals surface area contributed by atoms with Crippen LogP contribution >= 0.6 is 11.3 Å². The monoisotopic (exact) mass is 407 g/mol. The van der Waals surface area contributed by atoms with Crippen LogP contribution in [0.15, 0.2) is 65.1 Å². The lowest BCUT2D eigenvalue weighted by molar-refractivity contribution is 0.0953. The molecule has 0 saturated heterocycles. The van der Waals surface area contributed by atoms with Crippen molar-refractivity contribution in [3.8, 4) is 11.5 Å². The third-order valence-electron chi connectivity index (χ3n) is 4.27. The molecule has 0 fully saturated rings. The fraction of sp³-hybridized carbons (Fsp3) is 0.0952. The predicted molar refractivity (Wildman–Crippen MR) is 111 cm³/mol. The van der Waals surface area contributed by atoms with Crippen LogP contribution in [0.4, 0.5) is 5.69 Å². The molecule has 0 saturated carbocycles. The maximum absolute atomic E-state index is 12.3. The van der Waals surface area contributed by atoms with Gasteiger partial charge in [-0.15, -0.1) is 11.3 Å². The highest BCUT2D eigenvalue weighted by Gasteiger charge is 2.16.